The number of nitrogens with two attached hydrogens (primary N) is 1. The van der Waals surface area contributed by atoms with Crippen LogP contribution < -0.4 is 10.5 Å². The van der Waals surface area contributed by atoms with Gasteiger partial charge in [0, 0.05) is 0 Å². The summed E-state index contributed by atoms with van der Waals surface area (Å²) in [5.41, 5.74) is 8.20. The van der Waals surface area contributed by atoms with Gasteiger partial charge in [-0.3, -0.25) is 0 Å². The third-order valence-electron chi connectivity index (χ3n) is 2.51. The zero-order chi connectivity index (χ0) is 13.3. The lowest BCUT2D eigenvalue weighted by molar-refractivity contribution is 0.328. The van der Waals surface area contributed by atoms with Crippen molar-refractivity contribution in [2.45, 2.75) is 20.8 Å². The van der Waals surface area contributed by atoms with Gasteiger partial charge >= 0.3 is 0 Å². The van der Waals surface area contributed by atoms with Crippen LogP contribution in [-0.2, 0) is 0 Å². The maximum atomic E-state index is 6.00. The number of hydrogen-bond acceptors (Lipinski definition) is 5. The molecule has 0 saturated carbocycles. The molecule has 0 aliphatic carbocycles. The Morgan fingerprint density at radius 1 is 1.39 bits per heavy atom. The molecule has 0 amide bonds. The predicted octanol–water partition coefficient (Wildman–Crippen LogP) is 2.02. The van der Waals surface area contributed by atoms with Crippen LogP contribution in [0.15, 0.2) is 10.8 Å². The number of aromatic nitrogens is 4. The lowest BCUT2D eigenvalue weighted by Crippen LogP contribution is -2.09. The molecule has 6 nitrogen and oxygen atoms in total. The van der Waals surface area contributed by atoms with Crippen LogP contribution in [0.1, 0.15) is 18.3 Å². The zero-order valence-corrected chi connectivity index (χ0v) is 12.0. The van der Waals surface area contributed by atoms with Crippen molar-refractivity contribution in [3.8, 4) is 11.7 Å². The van der Waals surface area contributed by atoms with Gasteiger partial charge in [0.15, 0.2) is 5.82 Å². The average Bonchev–Trinajstić information content (AvgIpc) is 2.60. The van der Waals surface area contributed by atoms with Gasteiger partial charge in [-0.1, -0.05) is 0 Å². The van der Waals surface area contributed by atoms with Crippen LogP contribution in [0.2, 0.25) is 0 Å². The SMILES string of the molecule is CCOc1ncnc(-n2nc(C)c(Br)c2C)c1N. The molecule has 0 aliphatic rings. The molecule has 0 unspecified atom stereocenters. The number of halogens is 1. The van der Waals surface area contributed by atoms with Crippen LogP contribution in [0.4, 0.5) is 5.69 Å². The van der Waals surface area contributed by atoms with Crippen molar-refractivity contribution in [2.75, 3.05) is 12.3 Å². The molecule has 7 heteroatoms. The Morgan fingerprint density at radius 3 is 2.67 bits per heavy atom. The summed E-state index contributed by atoms with van der Waals surface area (Å²) in [4.78, 5) is 8.17. The highest BCUT2D eigenvalue weighted by Gasteiger charge is 2.16. The third kappa shape index (κ3) is 2.05. The van der Waals surface area contributed by atoms with E-state index in [1.807, 2.05) is 20.8 Å². The third-order valence-corrected chi connectivity index (χ3v) is 3.66. The summed E-state index contributed by atoms with van der Waals surface area (Å²) in [6.45, 7) is 6.23. The molecule has 0 fully saturated rings. The van der Waals surface area contributed by atoms with Crippen molar-refractivity contribution in [1.29, 1.82) is 0 Å². The molecule has 2 heterocycles. The Morgan fingerprint density at radius 2 is 2.11 bits per heavy atom. The number of aryl methyl sites for hydroxylation is 1. The van der Waals surface area contributed by atoms with Gasteiger partial charge in [0.1, 0.15) is 12.0 Å². The van der Waals surface area contributed by atoms with E-state index in [0.717, 1.165) is 15.9 Å². The topological polar surface area (TPSA) is 78.9 Å². The Labute approximate surface area is 113 Å². The summed E-state index contributed by atoms with van der Waals surface area (Å²) < 4.78 is 7.97. The summed E-state index contributed by atoms with van der Waals surface area (Å²) in [7, 11) is 0. The Hall–Kier alpha value is -1.63. The van der Waals surface area contributed by atoms with E-state index in [0.29, 0.717) is 24.0 Å². The highest BCUT2D eigenvalue weighted by Crippen LogP contribution is 2.27. The summed E-state index contributed by atoms with van der Waals surface area (Å²) in [5.74, 6) is 0.908. The van der Waals surface area contributed by atoms with Crippen LogP contribution in [0, 0.1) is 13.8 Å². The second kappa shape index (κ2) is 4.93. The minimum absolute atomic E-state index is 0.381. The van der Waals surface area contributed by atoms with Crippen LogP contribution >= 0.6 is 15.9 Å². The molecule has 2 rings (SSSR count). The fourth-order valence-electron chi connectivity index (χ4n) is 1.62. The maximum Gasteiger partial charge on any atom is 0.242 e. The van der Waals surface area contributed by atoms with Gasteiger partial charge in [-0.05, 0) is 36.7 Å². The number of nitrogen functional groups attached to an aromatic ring is 1. The smallest absolute Gasteiger partial charge is 0.242 e. The number of hydrogen-bond donors (Lipinski definition) is 1. The molecule has 2 aromatic heterocycles. The van der Waals surface area contributed by atoms with Crippen molar-refractivity contribution in [1.82, 2.24) is 19.7 Å². The quantitative estimate of drug-likeness (QED) is 0.938. The van der Waals surface area contributed by atoms with Gasteiger partial charge in [0.05, 0.1) is 22.5 Å². The lowest BCUT2D eigenvalue weighted by Gasteiger charge is -2.10. The first-order valence-electron chi connectivity index (χ1n) is 5.51. The molecule has 0 bridgehead atoms. The molecule has 0 atom stereocenters. The molecular weight excluding hydrogens is 298 g/mol. The van der Waals surface area contributed by atoms with E-state index in [2.05, 4.69) is 31.0 Å². The van der Waals surface area contributed by atoms with E-state index in [1.165, 1.54) is 6.33 Å². The highest BCUT2D eigenvalue weighted by molar-refractivity contribution is 9.10. The summed E-state index contributed by atoms with van der Waals surface area (Å²) in [6.07, 6.45) is 1.42. The Kier molecular flexibility index (Phi) is 3.51. The average molecular weight is 312 g/mol. The molecule has 2 aromatic rings. The molecule has 0 aliphatic heterocycles. The Balaban J connectivity index is 2.57. The first-order chi connectivity index (χ1) is 8.56. The van der Waals surface area contributed by atoms with Crippen LogP contribution in [0.5, 0.6) is 5.88 Å². The molecule has 0 aromatic carbocycles. The van der Waals surface area contributed by atoms with Crippen LogP contribution in [0.25, 0.3) is 5.82 Å². The second-order valence-corrected chi connectivity index (χ2v) is 4.54. The molecule has 18 heavy (non-hydrogen) atoms. The first kappa shape index (κ1) is 12.8. The van der Waals surface area contributed by atoms with E-state index in [4.69, 9.17) is 10.5 Å². The van der Waals surface area contributed by atoms with Crippen LogP contribution in [-0.4, -0.2) is 26.4 Å². The van der Waals surface area contributed by atoms with Crippen LogP contribution in [0.3, 0.4) is 0 Å². The van der Waals surface area contributed by atoms with Gasteiger partial charge in [-0.15, -0.1) is 0 Å². The fraction of sp³-hybridized carbons (Fsp3) is 0.364. The van der Waals surface area contributed by atoms with Gasteiger partial charge in [-0.2, -0.15) is 10.1 Å². The molecule has 0 radical (unpaired) electrons. The second-order valence-electron chi connectivity index (χ2n) is 3.75. The largest absolute Gasteiger partial charge is 0.476 e. The summed E-state index contributed by atoms with van der Waals surface area (Å²) >= 11 is 3.47. The maximum absolute atomic E-state index is 6.00. The molecule has 0 saturated heterocycles. The van der Waals surface area contributed by atoms with Gasteiger partial charge in [-0.25, -0.2) is 9.67 Å². The van der Waals surface area contributed by atoms with Crippen molar-refractivity contribution < 1.29 is 4.74 Å². The van der Waals surface area contributed by atoms with E-state index < -0.39 is 0 Å². The molecule has 0 spiro atoms. The zero-order valence-electron chi connectivity index (χ0n) is 10.4. The van der Waals surface area contributed by atoms with E-state index >= 15 is 0 Å². The van der Waals surface area contributed by atoms with Gasteiger partial charge < -0.3 is 10.5 Å². The lowest BCUT2D eigenvalue weighted by atomic mass is 10.4. The van der Waals surface area contributed by atoms with Crippen molar-refractivity contribution in [3.63, 3.8) is 0 Å². The van der Waals surface area contributed by atoms with E-state index in [9.17, 15) is 0 Å². The molecular formula is C11H14BrN5O. The number of rotatable bonds is 3. The summed E-state index contributed by atoms with van der Waals surface area (Å²) in [5, 5.41) is 4.39. The first-order valence-corrected chi connectivity index (χ1v) is 6.30. The van der Waals surface area contributed by atoms with Crippen molar-refractivity contribution >= 4 is 21.6 Å². The monoisotopic (exact) mass is 311 g/mol. The number of anilines is 1. The standard InChI is InChI=1S/C11H14BrN5O/c1-4-18-11-9(13)10(14-5-15-11)17-7(3)8(12)6(2)16-17/h5H,4,13H2,1-3H3. The fourth-order valence-corrected chi connectivity index (χ4v) is 1.87. The number of nitrogens with zero attached hydrogens (tertiary/aromatic N) is 4. The molecule has 2 N–H and O–H groups in total. The highest BCUT2D eigenvalue weighted by atomic mass is 79.9. The summed E-state index contributed by atoms with van der Waals surface area (Å²) in [6, 6.07) is 0. The minimum Gasteiger partial charge on any atom is -0.476 e. The van der Waals surface area contributed by atoms with E-state index in [-0.39, 0.29) is 0 Å². The van der Waals surface area contributed by atoms with Crippen molar-refractivity contribution in [3.05, 3.63) is 22.2 Å². The predicted molar refractivity (Wildman–Crippen MR) is 71.9 cm³/mol. The number of ether oxygens (including phenoxy) is 1. The molecule has 96 valence electrons. The van der Waals surface area contributed by atoms with Gasteiger partial charge in [0.25, 0.3) is 0 Å². The minimum atomic E-state index is 0.381. The van der Waals surface area contributed by atoms with E-state index in [1.54, 1.807) is 4.68 Å². The van der Waals surface area contributed by atoms with Gasteiger partial charge in [0.2, 0.25) is 5.88 Å². The normalized spacial score (nSPS) is 10.7. The van der Waals surface area contributed by atoms with Crippen molar-refractivity contribution in [2.24, 2.45) is 0 Å². The Bertz CT molecular complexity index is 581.